The van der Waals surface area contributed by atoms with Gasteiger partial charge in [-0.25, -0.2) is 0 Å². The van der Waals surface area contributed by atoms with Crippen molar-refractivity contribution in [1.29, 1.82) is 0 Å². The Morgan fingerprint density at radius 2 is 2.38 bits per heavy atom. The summed E-state index contributed by atoms with van der Waals surface area (Å²) in [6.45, 7) is 3.35. The summed E-state index contributed by atoms with van der Waals surface area (Å²) < 4.78 is 5.24. The second kappa shape index (κ2) is 5.89. The van der Waals surface area contributed by atoms with Crippen molar-refractivity contribution in [3.8, 4) is 0 Å². The Morgan fingerprint density at radius 3 is 3.00 bits per heavy atom. The molecule has 0 N–H and O–H groups in total. The molecule has 0 unspecified atom stereocenters. The van der Waals surface area contributed by atoms with Crippen molar-refractivity contribution in [2.24, 2.45) is 0 Å². The number of ketones is 1. The van der Waals surface area contributed by atoms with Crippen LogP contribution in [0.3, 0.4) is 0 Å². The van der Waals surface area contributed by atoms with Gasteiger partial charge in [0.05, 0.1) is 11.5 Å². The molecule has 0 bridgehead atoms. The van der Waals surface area contributed by atoms with Crippen molar-refractivity contribution in [3.05, 3.63) is 22.4 Å². The van der Waals surface area contributed by atoms with E-state index in [-0.39, 0.29) is 5.78 Å². The first kappa shape index (κ1) is 10.4. The fraction of sp³-hybridized carbons (Fsp3) is 0.500. The van der Waals surface area contributed by atoms with E-state index in [1.165, 1.54) is 11.3 Å². The molecule has 0 aliphatic rings. The molecule has 0 spiro atoms. The van der Waals surface area contributed by atoms with Crippen molar-refractivity contribution >= 4 is 17.1 Å². The summed E-state index contributed by atoms with van der Waals surface area (Å²) in [5.41, 5.74) is 0. The van der Waals surface area contributed by atoms with Crippen LogP contribution in [-0.4, -0.2) is 19.0 Å². The summed E-state index contributed by atoms with van der Waals surface area (Å²) in [5, 5.41) is 1.92. The van der Waals surface area contributed by atoms with Crippen LogP contribution < -0.4 is 0 Å². The standard InChI is InChI=1S/C10H14O2S/c1-2-6-12-7-5-9(11)10-4-3-8-13-10/h3-4,8H,2,5-7H2,1H3. The maximum atomic E-state index is 11.4. The Balaban J connectivity index is 2.19. The molecule has 1 aromatic heterocycles. The largest absolute Gasteiger partial charge is 0.381 e. The van der Waals surface area contributed by atoms with E-state index >= 15 is 0 Å². The van der Waals surface area contributed by atoms with E-state index in [2.05, 4.69) is 6.92 Å². The molecule has 0 radical (unpaired) electrons. The second-order valence-corrected chi connectivity index (χ2v) is 3.71. The van der Waals surface area contributed by atoms with Crippen LogP contribution in [0.4, 0.5) is 0 Å². The van der Waals surface area contributed by atoms with Crippen LogP contribution >= 0.6 is 11.3 Å². The van der Waals surface area contributed by atoms with Crippen LogP contribution in [-0.2, 0) is 4.74 Å². The monoisotopic (exact) mass is 198 g/mol. The minimum absolute atomic E-state index is 0.186. The predicted octanol–water partition coefficient (Wildman–Crippen LogP) is 2.75. The number of rotatable bonds is 6. The Labute approximate surface area is 82.5 Å². The molecule has 0 amide bonds. The van der Waals surface area contributed by atoms with Gasteiger partial charge in [-0.2, -0.15) is 0 Å². The molecule has 0 aliphatic carbocycles. The van der Waals surface area contributed by atoms with Crippen molar-refractivity contribution in [2.75, 3.05) is 13.2 Å². The third kappa shape index (κ3) is 3.70. The van der Waals surface area contributed by atoms with E-state index < -0.39 is 0 Å². The average molecular weight is 198 g/mol. The zero-order valence-corrected chi connectivity index (χ0v) is 8.60. The molecule has 2 nitrogen and oxygen atoms in total. The highest BCUT2D eigenvalue weighted by Gasteiger charge is 2.05. The lowest BCUT2D eigenvalue weighted by atomic mass is 10.2. The van der Waals surface area contributed by atoms with Crippen molar-refractivity contribution in [3.63, 3.8) is 0 Å². The van der Waals surface area contributed by atoms with Gasteiger partial charge in [-0.05, 0) is 17.9 Å². The van der Waals surface area contributed by atoms with Crippen molar-refractivity contribution < 1.29 is 9.53 Å². The molecule has 0 aromatic carbocycles. The van der Waals surface area contributed by atoms with Gasteiger partial charge in [0, 0.05) is 13.0 Å². The Bertz CT molecular complexity index is 241. The predicted molar refractivity (Wildman–Crippen MR) is 54.4 cm³/mol. The normalized spacial score (nSPS) is 10.2. The van der Waals surface area contributed by atoms with Gasteiger partial charge < -0.3 is 4.74 Å². The van der Waals surface area contributed by atoms with Gasteiger partial charge in [0.15, 0.2) is 5.78 Å². The lowest BCUT2D eigenvalue weighted by Crippen LogP contribution is -2.03. The van der Waals surface area contributed by atoms with Gasteiger partial charge in [0.2, 0.25) is 0 Å². The maximum Gasteiger partial charge on any atom is 0.175 e. The molecule has 0 saturated heterocycles. The van der Waals surface area contributed by atoms with Gasteiger partial charge in [-0.1, -0.05) is 13.0 Å². The number of carbonyl (C=O) groups is 1. The van der Waals surface area contributed by atoms with Crippen LogP contribution in [0.5, 0.6) is 0 Å². The maximum absolute atomic E-state index is 11.4. The van der Waals surface area contributed by atoms with E-state index in [0.29, 0.717) is 13.0 Å². The number of ether oxygens (including phenoxy) is 1. The number of hydrogen-bond donors (Lipinski definition) is 0. The van der Waals surface area contributed by atoms with Crippen LogP contribution in [0.1, 0.15) is 29.4 Å². The van der Waals surface area contributed by atoms with Crippen molar-refractivity contribution in [2.45, 2.75) is 19.8 Å². The third-order valence-corrected chi connectivity index (χ3v) is 2.53. The average Bonchev–Trinajstić information content (AvgIpc) is 2.65. The zero-order valence-electron chi connectivity index (χ0n) is 7.79. The molecule has 0 fully saturated rings. The third-order valence-electron chi connectivity index (χ3n) is 1.62. The summed E-state index contributed by atoms with van der Waals surface area (Å²) in [4.78, 5) is 12.2. The Hall–Kier alpha value is -0.670. The number of hydrogen-bond acceptors (Lipinski definition) is 3. The van der Waals surface area contributed by atoms with E-state index in [1.807, 2.05) is 17.5 Å². The minimum atomic E-state index is 0.186. The van der Waals surface area contributed by atoms with Gasteiger partial charge in [-0.15, -0.1) is 11.3 Å². The van der Waals surface area contributed by atoms with Gasteiger partial charge in [0.25, 0.3) is 0 Å². The molecular formula is C10H14O2S. The van der Waals surface area contributed by atoms with Crippen LogP contribution in [0.25, 0.3) is 0 Å². The molecule has 0 atom stereocenters. The first-order chi connectivity index (χ1) is 6.34. The SMILES string of the molecule is CCCOCCC(=O)c1cccs1. The number of carbonyl (C=O) groups excluding carboxylic acids is 1. The summed E-state index contributed by atoms with van der Waals surface area (Å²) >= 11 is 1.49. The van der Waals surface area contributed by atoms with E-state index in [9.17, 15) is 4.79 Å². The van der Waals surface area contributed by atoms with Gasteiger partial charge in [0.1, 0.15) is 0 Å². The molecule has 13 heavy (non-hydrogen) atoms. The molecule has 1 rings (SSSR count). The highest BCUT2D eigenvalue weighted by Crippen LogP contribution is 2.10. The highest BCUT2D eigenvalue weighted by molar-refractivity contribution is 7.12. The minimum Gasteiger partial charge on any atom is -0.381 e. The van der Waals surface area contributed by atoms with Gasteiger partial charge >= 0.3 is 0 Å². The number of Topliss-reactive ketones (excluding diaryl/α,β-unsaturated/α-hetero) is 1. The lowest BCUT2D eigenvalue weighted by Gasteiger charge is -1.99. The second-order valence-electron chi connectivity index (χ2n) is 2.76. The molecule has 0 aliphatic heterocycles. The zero-order chi connectivity index (χ0) is 9.52. The van der Waals surface area contributed by atoms with Crippen LogP contribution in [0, 0.1) is 0 Å². The van der Waals surface area contributed by atoms with E-state index in [4.69, 9.17) is 4.74 Å². The molecule has 72 valence electrons. The summed E-state index contributed by atoms with van der Waals surface area (Å²) in [7, 11) is 0. The summed E-state index contributed by atoms with van der Waals surface area (Å²) in [5.74, 6) is 0.186. The lowest BCUT2D eigenvalue weighted by molar-refractivity contribution is 0.0882. The highest BCUT2D eigenvalue weighted by atomic mass is 32.1. The fourth-order valence-electron chi connectivity index (χ4n) is 0.972. The molecule has 1 heterocycles. The molecular weight excluding hydrogens is 184 g/mol. The Kier molecular flexibility index (Phi) is 4.72. The van der Waals surface area contributed by atoms with Crippen LogP contribution in [0.15, 0.2) is 17.5 Å². The van der Waals surface area contributed by atoms with Crippen LogP contribution in [0.2, 0.25) is 0 Å². The van der Waals surface area contributed by atoms with E-state index in [1.54, 1.807) is 0 Å². The van der Waals surface area contributed by atoms with Gasteiger partial charge in [-0.3, -0.25) is 4.79 Å². The topological polar surface area (TPSA) is 26.3 Å². The quantitative estimate of drug-likeness (QED) is 0.519. The van der Waals surface area contributed by atoms with Crippen molar-refractivity contribution in [1.82, 2.24) is 0 Å². The fourth-order valence-corrected chi connectivity index (χ4v) is 1.67. The molecule has 3 heteroatoms. The first-order valence-electron chi connectivity index (χ1n) is 4.49. The van der Waals surface area contributed by atoms with E-state index in [0.717, 1.165) is 17.9 Å². The summed E-state index contributed by atoms with van der Waals surface area (Å²) in [6, 6.07) is 3.75. The number of thiophene rings is 1. The smallest absolute Gasteiger partial charge is 0.175 e. The Morgan fingerprint density at radius 1 is 1.54 bits per heavy atom. The summed E-state index contributed by atoms with van der Waals surface area (Å²) in [6.07, 6.45) is 1.51. The first-order valence-corrected chi connectivity index (χ1v) is 5.37. The molecule has 0 saturated carbocycles. The molecule has 1 aromatic rings.